The molecule has 86 valence electrons. The summed E-state index contributed by atoms with van der Waals surface area (Å²) < 4.78 is 5.35. The molecule has 0 aromatic carbocycles. The third kappa shape index (κ3) is 2.04. The van der Waals surface area contributed by atoms with Gasteiger partial charge in [0.15, 0.2) is 0 Å². The Hall–Kier alpha value is -0.540. The summed E-state index contributed by atoms with van der Waals surface area (Å²) in [4.78, 5) is 0. The van der Waals surface area contributed by atoms with Gasteiger partial charge in [0.25, 0.3) is 0 Å². The number of hydrogen-bond acceptors (Lipinski definition) is 3. The summed E-state index contributed by atoms with van der Waals surface area (Å²) in [6.45, 7) is 4.77. The molecule has 2 atom stereocenters. The maximum Gasteiger partial charge on any atom is 0.0941 e. The quantitative estimate of drug-likeness (QED) is 0.726. The van der Waals surface area contributed by atoms with E-state index in [1.54, 1.807) is 6.26 Å². The Balaban J connectivity index is 2.17. The zero-order valence-corrected chi connectivity index (χ0v) is 9.46. The molecule has 0 saturated carbocycles. The third-order valence-corrected chi connectivity index (χ3v) is 3.73. The Morgan fingerprint density at radius 1 is 1.67 bits per heavy atom. The number of ether oxygens (including phenoxy) is 1. The molecule has 2 aliphatic heterocycles. The van der Waals surface area contributed by atoms with Crippen molar-refractivity contribution in [1.29, 1.82) is 0 Å². The van der Waals surface area contributed by atoms with Gasteiger partial charge >= 0.3 is 0 Å². The summed E-state index contributed by atoms with van der Waals surface area (Å²) in [5, 5.41) is 14.1. The maximum atomic E-state index is 10.8. The van der Waals surface area contributed by atoms with E-state index < -0.39 is 5.60 Å². The Morgan fingerprint density at radius 2 is 2.53 bits per heavy atom. The lowest BCUT2D eigenvalue weighted by molar-refractivity contribution is -0.0179. The molecule has 2 heterocycles. The lowest BCUT2D eigenvalue weighted by Crippen LogP contribution is -2.51. The van der Waals surface area contributed by atoms with Crippen molar-refractivity contribution in [2.24, 2.45) is 5.92 Å². The number of piperidine rings is 1. The highest BCUT2D eigenvalue weighted by Crippen LogP contribution is 2.37. The molecule has 0 spiro atoms. The standard InChI is InChI=1S/C12H21NO2/c1-2-10-8-13-6-5-12(10,14)11-4-3-7-15-9-11/h9-10,13-14H,2-8H2,1H3. The van der Waals surface area contributed by atoms with E-state index in [-0.39, 0.29) is 0 Å². The van der Waals surface area contributed by atoms with Crippen LogP contribution in [0.5, 0.6) is 0 Å². The minimum atomic E-state index is -0.611. The summed E-state index contributed by atoms with van der Waals surface area (Å²) >= 11 is 0. The Morgan fingerprint density at radius 3 is 3.20 bits per heavy atom. The van der Waals surface area contributed by atoms with E-state index in [0.717, 1.165) is 51.0 Å². The number of aliphatic hydroxyl groups is 1. The van der Waals surface area contributed by atoms with Gasteiger partial charge in [-0.2, -0.15) is 0 Å². The van der Waals surface area contributed by atoms with Gasteiger partial charge in [-0.25, -0.2) is 0 Å². The Bertz CT molecular complexity index is 252. The van der Waals surface area contributed by atoms with Crippen molar-refractivity contribution in [1.82, 2.24) is 5.32 Å². The fourth-order valence-corrected chi connectivity index (χ4v) is 2.72. The molecule has 2 N–H and O–H groups in total. The van der Waals surface area contributed by atoms with Gasteiger partial charge in [0.1, 0.15) is 0 Å². The van der Waals surface area contributed by atoms with Crippen molar-refractivity contribution in [3.05, 3.63) is 11.8 Å². The second-order valence-electron chi connectivity index (χ2n) is 4.60. The number of rotatable bonds is 2. The van der Waals surface area contributed by atoms with E-state index in [1.165, 1.54) is 0 Å². The molecule has 0 bridgehead atoms. The average Bonchev–Trinajstić information content (AvgIpc) is 2.31. The lowest BCUT2D eigenvalue weighted by Gasteiger charge is -2.42. The Labute approximate surface area is 91.5 Å². The third-order valence-electron chi connectivity index (χ3n) is 3.73. The molecule has 2 aliphatic rings. The summed E-state index contributed by atoms with van der Waals surface area (Å²) in [7, 11) is 0. The first-order chi connectivity index (χ1) is 7.27. The van der Waals surface area contributed by atoms with Gasteiger partial charge in [0.05, 0.1) is 18.5 Å². The fraction of sp³-hybridized carbons (Fsp3) is 0.833. The van der Waals surface area contributed by atoms with Crippen molar-refractivity contribution in [2.75, 3.05) is 19.7 Å². The van der Waals surface area contributed by atoms with Crippen molar-refractivity contribution < 1.29 is 9.84 Å². The monoisotopic (exact) mass is 211 g/mol. The molecule has 3 heteroatoms. The van der Waals surface area contributed by atoms with Crippen molar-refractivity contribution in [3.63, 3.8) is 0 Å². The number of hydrogen-bond donors (Lipinski definition) is 2. The van der Waals surface area contributed by atoms with Gasteiger partial charge in [-0.3, -0.25) is 0 Å². The zero-order chi connectivity index (χ0) is 10.7. The van der Waals surface area contributed by atoms with Crippen LogP contribution in [0.3, 0.4) is 0 Å². The van der Waals surface area contributed by atoms with E-state index in [0.29, 0.717) is 5.92 Å². The lowest BCUT2D eigenvalue weighted by atomic mass is 9.74. The van der Waals surface area contributed by atoms with E-state index in [1.807, 2.05) is 0 Å². The summed E-state index contributed by atoms with van der Waals surface area (Å²) in [5.41, 5.74) is 0.502. The van der Waals surface area contributed by atoms with Crippen LogP contribution in [0, 0.1) is 5.92 Å². The van der Waals surface area contributed by atoms with E-state index in [9.17, 15) is 5.11 Å². The first-order valence-corrected chi connectivity index (χ1v) is 6.01. The minimum Gasteiger partial charge on any atom is -0.501 e. The summed E-state index contributed by atoms with van der Waals surface area (Å²) in [6.07, 6.45) is 5.67. The topological polar surface area (TPSA) is 41.5 Å². The van der Waals surface area contributed by atoms with Crippen LogP contribution in [0.4, 0.5) is 0 Å². The van der Waals surface area contributed by atoms with Crippen LogP contribution >= 0.6 is 0 Å². The minimum absolute atomic E-state index is 0.333. The SMILES string of the molecule is CCC1CNCCC1(O)C1=COCCC1. The molecule has 1 fully saturated rings. The number of nitrogens with one attached hydrogen (secondary N) is 1. The highest BCUT2D eigenvalue weighted by atomic mass is 16.5. The van der Waals surface area contributed by atoms with E-state index in [4.69, 9.17) is 4.74 Å². The summed E-state index contributed by atoms with van der Waals surface area (Å²) in [6, 6.07) is 0. The normalized spacial score (nSPS) is 36.9. The molecule has 0 radical (unpaired) electrons. The van der Waals surface area contributed by atoms with Gasteiger partial charge in [0, 0.05) is 12.5 Å². The second kappa shape index (κ2) is 4.54. The Kier molecular flexibility index (Phi) is 3.32. The predicted octanol–water partition coefficient (Wildman–Crippen LogP) is 1.43. The molecule has 3 nitrogen and oxygen atoms in total. The van der Waals surface area contributed by atoms with Crippen LogP contribution in [0.25, 0.3) is 0 Å². The van der Waals surface area contributed by atoms with Gasteiger partial charge in [-0.05, 0) is 37.8 Å². The molecule has 0 aliphatic carbocycles. The molecular weight excluding hydrogens is 190 g/mol. The molecule has 2 unspecified atom stereocenters. The van der Waals surface area contributed by atoms with Crippen LogP contribution < -0.4 is 5.32 Å². The highest BCUT2D eigenvalue weighted by Gasteiger charge is 2.41. The molecule has 15 heavy (non-hydrogen) atoms. The maximum absolute atomic E-state index is 10.8. The van der Waals surface area contributed by atoms with Gasteiger partial charge in [0.2, 0.25) is 0 Å². The molecule has 0 aromatic heterocycles. The van der Waals surface area contributed by atoms with Crippen LogP contribution in [0.15, 0.2) is 11.8 Å². The fourth-order valence-electron chi connectivity index (χ4n) is 2.72. The van der Waals surface area contributed by atoms with Gasteiger partial charge < -0.3 is 15.2 Å². The smallest absolute Gasteiger partial charge is 0.0941 e. The first-order valence-electron chi connectivity index (χ1n) is 6.01. The van der Waals surface area contributed by atoms with Crippen molar-refractivity contribution >= 4 is 0 Å². The van der Waals surface area contributed by atoms with Gasteiger partial charge in [-0.1, -0.05) is 6.92 Å². The second-order valence-corrected chi connectivity index (χ2v) is 4.60. The molecule has 0 aromatic rings. The van der Waals surface area contributed by atoms with Crippen LogP contribution in [-0.2, 0) is 4.74 Å². The van der Waals surface area contributed by atoms with E-state index >= 15 is 0 Å². The molecule has 2 rings (SSSR count). The van der Waals surface area contributed by atoms with Crippen LogP contribution in [0.2, 0.25) is 0 Å². The largest absolute Gasteiger partial charge is 0.501 e. The van der Waals surface area contributed by atoms with Crippen LogP contribution in [-0.4, -0.2) is 30.4 Å². The first kappa shape index (κ1) is 11.0. The van der Waals surface area contributed by atoms with Crippen LogP contribution in [0.1, 0.15) is 32.6 Å². The molecule has 0 amide bonds. The van der Waals surface area contributed by atoms with Crippen molar-refractivity contribution in [2.45, 2.75) is 38.2 Å². The highest BCUT2D eigenvalue weighted by molar-refractivity contribution is 5.19. The van der Waals surface area contributed by atoms with Gasteiger partial charge in [-0.15, -0.1) is 0 Å². The van der Waals surface area contributed by atoms with E-state index in [2.05, 4.69) is 12.2 Å². The zero-order valence-electron chi connectivity index (χ0n) is 9.46. The van der Waals surface area contributed by atoms with Crippen molar-refractivity contribution in [3.8, 4) is 0 Å². The average molecular weight is 211 g/mol. The molecule has 1 saturated heterocycles. The predicted molar refractivity (Wildman–Crippen MR) is 59.5 cm³/mol. The summed E-state index contributed by atoms with van der Waals surface area (Å²) in [5.74, 6) is 0.333. The molecular formula is C12H21NO2.